The van der Waals surface area contributed by atoms with Crippen molar-refractivity contribution in [2.75, 3.05) is 0 Å². The number of amides is 1. The summed E-state index contributed by atoms with van der Waals surface area (Å²) < 4.78 is 15.2. The van der Waals surface area contributed by atoms with Crippen LogP contribution < -0.4 is 5.32 Å². The Hall–Kier alpha value is -2.76. The third-order valence-corrected chi connectivity index (χ3v) is 5.30. The summed E-state index contributed by atoms with van der Waals surface area (Å²) in [6.45, 7) is 5.94. The van der Waals surface area contributed by atoms with Gasteiger partial charge in [0.05, 0.1) is 5.69 Å². The van der Waals surface area contributed by atoms with Crippen LogP contribution in [0.2, 0.25) is 0 Å². The Morgan fingerprint density at radius 2 is 2.11 bits per heavy atom. The second-order valence-electron chi connectivity index (χ2n) is 7.39. The molecule has 0 unspecified atom stereocenters. The Morgan fingerprint density at radius 3 is 2.89 bits per heavy atom. The average Bonchev–Trinajstić information content (AvgIpc) is 3.27. The number of aryl methyl sites for hydroxylation is 3. The summed E-state index contributed by atoms with van der Waals surface area (Å²) in [5.74, 6) is 0.0137. The fourth-order valence-electron chi connectivity index (χ4n) is 3.78. The van der Waals surface area contributed by atoms with Crippen molar-refractivity contribution in [2.24, 2.45) is 0 Å². The zero-order valence-corrected chi connectivity index (χ0v) is 15.8. The number of nitrogens with one attached hydrogen (secondary N) is 1. The maximum Gasteiger partial charge on any atom is 0.220 e. The topological polar surface area (TPSA) is 59.3 Å². The van der Waals surface area contributed by atoms with Gasteiger partial charge in [0, 0.05) is 35.8 Å². The second kappa shape index (κ2) is 6.76. The summed E-state index contributed by atoms with van der Waals surface area (Å²) >= 11 is 0. The molecule has 4 rings (SSSR count). The van der Waals surface area contributed by atoms with Gasteiger partial charge in [-0.3, -0.25) is 4.79 Å². The predicted octanol–water partition coefficient (Wildman–Crippen LogP) is 3.40. The molecule has 6 heteroatoms. The molecule has 1 amide bonds. The van der Waals surface area contributed by atoms with E-state index in [2.05, 4.69) is 15.4 Å². The number of hydrogen-bond donors (Lipinski definition) is 1. The average molecular weight is 366 g/mol. The van der Waals surface area contributed by atoms with E-state index < -0.39 is 0 Å². The van der Waals surface area contributed by atoms with Gasteiger partial charge in [-0.1, -0.05) is 12.1 Å². The third kappa shape index (κ3) is 3.56. The van der Waals surface area contributed by atoms with E-state index in [0.717, 1.165) is 40.3 Å². The van der Waals surface area contributed by atoms with E-state index in [1.165, 1.54) is 6.07 Å². The smallest absolute Gasteiger partial charge is 0.220 e. The van der Waals surface area contributed by atoms with Crippen molar-refractivity contribution in [3.63, 3.8) is 0 Å². The summed E-state index contributed by atoms with van der Waals surface area (Å²) in [5.41, 5.74) is 5.76. The lowest BCUT2D eigenvalue weighted by atomic mass is 10.1. The Balaban J connectivity index is 1.38. The minimum atomic E-state index is -0.229. The molecule has 1 aliphatic rings. The van der Waals surface area contributed by atoms with Gasteiger partial charge >= 0.3 is 0 Å². The minimum Gasteiger partial charge on any atom is -0.353 e. The maximum absolute atomic E-state index is 13.3. The van der Waals surface area contributed by atoms with Crippen molar-refractivity contribution in [1.29, 1.82) is 0 Å². The summed E-state index contributed by atoms with van der Waals surface area (Å²) in [4.78, 5) is 17.0. The minimum absolute atomic E-state index is 0.0226. The number of benzene rings is 1. The second-order valence-corrected chi connectivity index (χ2v) is 7.39. The van der Waals surface area contributed by atoms with E-state index in [4.69, 9.17) is 0 Å². The van der Waals surface area contributed by atoms with Crippen LogP contribution in [0.1, 0.15) is 47.0 Å². The molecule has 1 aromatic carbocycles. The van der Waals surface area contributed by atoms with Crippen molar-refractivity contribution < 1.29 is 9.18 Å². The highest BCUT2D eigenvalue weighted by Crippen LogP contribution is 2.40. The fourth-order valence-corrected chi connectivity index (χ4v) is 3.78. The first-order valence-electron chi connectivity index (χ1n) is 9.29. The van der Waals surface area contributed by atoms with Crippen molar-refractivity contribution >= 4 is 11.6 Å². The van der Waals surface area contributed by atoms with Crippen LogP contribution in [0.3, 0.4) is 0 Å². The summed E-state index contributed by atoms with van der Waals surface area (Å²) in [6, 6.07) is 8.69. The van der Waals surface area contributed by atoms with Gasteiger partial charge in [0.15, 0.2) is 5.65 Å². The zero-order valence-electron chi connectivity index (χ0n) is 15.8. The monoisotopic (exact) mass is 366 g/mol. The van der Waals surface area contributed by atoms with Gasteiger partial charge in [-0.05, 0) is 56.9 Å². The van der Waals surface area contributed by atoms with Crippen LogP contribution >= 0.6 is 0 Å². The number of aromatic nitrogens is 3. The largest absolute Gasteiger partial charge is 0.353 e. The molecule has 2 aromatic heterocycles. The molecule has 0 spiro atoms. The van der Waals surface area contributed by atoms with Crippen LogP contribution in [0, 0.1) is 26.6 Å². The molecule has 5 nitrogen and oxygen atoms in total. The Bertz CT molecular complexity index is 1030. The van der Waals surface area contributed by atoms with Gasteiger partial charge in [-0.25, -0.2) is 13.9 Å². The van der Waals surface area contributed by atoms with Crippen LogP contribution in [-0.2, 0) is 11.2 Å². The first-order chi connectivity index (χ1) is 12.9. The molecule has 0 radical (unpaired) electrons. The number of carbonyl (C=O) groups is 1. The first-order valence-corrected chi connectivity index (χ1v) is 9.29. The number of nitrogens with zero attached hydrogens (tertiary/aromatic N) is 3. The van der Waals surface area contributed by atoms with Gasteiger partial charge < -0.3 is 5.32 Å². The number of carbonyl (C=O) groups excluding carboxylic acids is 1. The lowest BCUT2D eigenvalue weighted by Crippen LogP contribution is -2.27. The van der Waals surface area contributed by atoms with E-state index in [1.807, 2.05) is 37.4 Å². The number of hydrogen-bond acceptors (Lipinski definition) is 3. The van der Waals surface area contributed by atoms with E-state index in [-0.39, 0.29) is 23.7 Å². The molecule has 0 bridgehead atoms. The van der Waals surface area contributed by atoms with E-state index in [0.29, 0.717) is 12.8 Å². The van der Waals surface area contributed by atoms with Gasteiger partial charge in [0.1, 0.15) is 5.82 Å². The van der Waals surface area contributed by atoms with E-state index >= 15 is 0 Å². The molecule has 1 saturated carbocycles. The molecule has 1 N–H and O–H groups in total. The van der Waals surface area contributed by atoms with Crippen LogP contribution in [0.15, 0.2) is 30.3 Å². The Morgan fingerprint density at radius 1 is 1.30 bits per heavy atom. The third-order valence-electron chi connectivity index (χ3n) is 5.30. The highest BCUT2D eigenvalue weighted by atomic mass is 19.1. The Kier molecular flexibility index (Phi) is 4.42. The zero-order chi connectivity index (χ0) is 19.1. The molecule has 140 valence electrons. The molecule has 1 aliphatic carbocycles. The maximum atomic E-state index is 13.3. The number of halogens is 1. The van der Waals surface area contributed by atoms with Crippen molar-refractivity contribution in [3.05, 3.63) is 64.4 Å². The quantitative estimate of drug-likeness (QED) is 0.753. The molecule has 0 aliphatic heterocycles. The van der Waals surface area contributed by atoms with Gasteiger partial charge in [-0.2, -0.15) is 5.10 Å². The van der Waals surface area contributed by atoms with Crippen LogP contribution in [0.4, 0.5) is 4.39 Å². The van der Waals surface area contributed by atoms with Gasteiger partial charge in [0.25, 0.3) is 0 Å². The summed E-state index contributed by atoms with van der Waals surface area (Å²) in [7, 11) is 0. The molecule has 1 fully saturated rings. The lowest BCUT2D eigenvalue weighted by Gasteiger charge is -2.11. The van der Waals surface area contributed by atoms with Crippen LogP contribution in [0.25, 0.3) is 5.65 Å². The molecule has 2 heterocycles. The predicted molar refractivity (Wildman–Crippen MR) is 101 cm³/mol. The van der Waals surface area contributed by atoms with Gasteiger partial charge in [0.2, 0.25) is 5.91 Å². The summed E-state index contributed by atoms with van der Waals surface area (Å²) in [5, 5.41) is 7.54. The Labute approximate surface area is 157 Å². The molecule has 2 atom stereocenters. The number of fused-ring (bicyclic) bond motifs is 1. The SMILES string of the molecule is Cc1cc2nc(C)c(CCC(=O)N[C@@H]3C[C@@H]3c3cccc(F)c3)c(C)n2n1. The lowest BCUT2D eigenvalue weighted by molar-refractivity contribution is -0.121. The van der Waals surface area contributed by atoms with E-state index in [1.54, 1.807) is 12.1 Å². The van der Waals surface area contributed by atoms with E-state index in [9.17, 15) is 9.18 Å². The molecule has 3 aromatic rings. The highest BCUT2D eigenvalue weighted by Gasteiger charge is 2.39. The molecule has 27 heavy (non-hydrogen) atoms. The van der Waals surface area contributed by atoms with Crippen molar-refractivity contribution in [1.82, 2.24) is 19.9 Å². The molecular weight excluding hydrogens is 343 g/mol. The van der Waals surface area contributed by atoms with Crippen LogP contribution in [-0.4, -0.2) is 26.5 Å². The standard InChI is InChI=1S/C21H23FN4O/c1-12-9-20-23-13(2)17(14(3)26(20)25-12)7-8-21(27)24-19-11-18(19)15-5-4-6-16(22)10-15/h4-6,9-10,18-19H,7-8,11H2,1-3H3,(H,24,27)/t18-,19-/m1/s1. The first kappa shape index (κ1) is 17.6. The molecule has 0 saturated heterocycles. The fraction of sp³-hybridized carbons (Fsp3) is 0.381. The van der Waals surface area contributed by atoms with Crippen molar-refractivity contribution in [3.8, 4) is 0 Å². The number of rotatable bonds is 5. The van der Waals surface area contributed by atoms with Crippen LogP contribution in [0.5, 0.6) is 0 Å². The normalized spacial score (nSPS) is 18.7. The highest BCUT2D eigenvalue weighted by molar-refractivity contribution is 5.77. The van der Waals surface area contributed by atoms with Crippen molar-refractivity contribution in [2.45, 2.75) is 52.0 Å². The molecular formula is C21H23FN4O. The summed E-state index contributed by atoms with van der Waals surface area (Å²) in [6.07, 6.45) is 1.90. The van der Waals surface area contributed by atoms with Gasteiger partial charge in [-0.15, -0.1) is 0 Å².